The van der Waals surface area contributed by atoms with E-state index in [2.05, 4.69) is 15.6 Å². The van der Waals surface area contributed by atoms with Crippen molar-refractivity contribution in [1.29, 1.82) is 0 Å². The number of sulfone groups is 1. The Kier molecular flexibility index (Phi) is 11.1. The number of hydrogen-bond acceptors (Lipinski definition) is 8. The predicted octanol–water partition coefficient (Wildman–Crippen LogP) is 6.25. The lowest BCUT2D eigenvalue weighted by Gasteiger charge is -2.48. The van der Waals surface area contributed by atoms with Gasteiger partial charge in [0.1, 0.15) is 6.17 Å². The largest absolute Gasteiger partial charge is 0.465 e. The van der Waals surface area contributed by atoms with E-state index in [1.54, 1.807) is 65.8 Å². The highest BCUT2D eigenvalue weighted by molar-refractivity contribution is 7.90. The first-order valence-electron chi connectivity index (χ1n) is 14.6. The molecule has 0 fully saturated rings. The summed E-state index contributed by atoms with van der Waals surface area (Å²) in [6.45, 7) is 11.8. The third kappa shape index (κ3) is 9.42. The highest BCUT2D eigenvalue weighted by atomic mass is 32.2. The van der Waals surface area contributed by atoms with E-state index in [4.69, 9.17) is 0 Å². The number of carbonyl (C=O) groups is 3. The van der Waals surface area contributed by atoms with E-state index in [1.807, 2.05) is 24.3 Å². The molecule has 0 saturated carbocycles. The molecule has 14 heteroatoms. The van der Waals surface area contributed by atoms with Crippen LogP contribution in [-0.2, 0) is 27.5 Å². The number of aromatic nitrogens is 1. The van der Waals surface area contributed by atoms with Gasteiger partial charge < -0.3 is 20.8 Å². The highest BCUT2D eigenvalue weighted by Crippen LogP contribution is 2.35. The Bertz CT molecular complexity index is 1620. The number of carbonyl (C=O) groups excluding carboxylic acids is 1. The van der Waals surface area contributed by atoms with Crippen LogP contribution in [0.25, 0.3) is 10.4 Å². The van der Waals surface area contributed by atoms with Gasteiger partial charge in [0.05, 0.1) is 22.0 Å². The standard InChI is InChI=1S/C32H43N5O7S2/c1-20(38)34-28-35-25(27(45-28)22-12-16-24(17-13-22)46(8,43)44)18-11-21-9-14-23(15-10-21)33-19-26(36(29(39)40)31(2,3)4)37(30(41)42)32(5,6)7/h9-10,12-17,26,33H,11,18-19H2,1-8H3,(H,39,40)(H,41,42)(H,34,35,38). The van der Waals surface area contributed by atoms with Gasteiger partial charge >= 0.3 is 12.2 Å². The number of aryl methyl sites for hydroxylation is 2. The van der Waals surface area contributed by atoms with Crippen LogP contribution in [0.3, 0.4) is 0 Å². The van der Waals surface area contributed by atoms with Gasteiger partial charge in [0.15, 0.2) is 15.0 Å². The van der Waals surface area contributed by atoms with Gasteiger partial charge in [0.25, 0.3) is 0 Å². The zero-order valence-electron chi connectivity index (χ0n) is 27.4. The van der Waals surface area contributed by atoms with Gasteiger partial charge in [-0.15, -0.1) is 0 Å². The predicted molar refractivity (Wildman–Crippen MR) is 180 cm³/mol. The van der Waals surface area contributed by atoms with Gasteiger partial charge in [-0.1, -0.05) is 35.6 Å². The number of nitrogens with one attached hydrogen (secondary N) is 2. The van der Waals surface area contributed by atoms with Crippen molar-refractivity contribution in [3.63, 3.8) is 0 Å². The van der Waals surface area contributed by atoms with Gasteiger partial charge in [0, 0.05) is 29.9 Å². The molecule has 2 aromatic carbocycles. The summed E-state index contributed by atoms with van der Waals surface area (Å²) in [5.41, 5.74) is 1.51. The number of nitrogens with zero attached hydrogens (tertiary/aromatic N) is 3. The second kappa shape index (κ2) is 14.1. The number of rotatable bonds is 11. The second-order valence-corrected chi connectivity index (χ2v) is 16.0. The monoisotopic (exact) mass is 673 g/mol. The molecule has 0 spiro atoms. The summed E-state index contributed by atoms with van der Waals surface area (Å²) in [4.78, 5) is 44.4. The highest BCUT2D eigenvalue weighted by Gasteiger charge is 2.42. The van der Waals surface area contributed by atoms with Crippen LogP contribution in [0.1, 0.15) is 59.7 Å². The van der Waals surface area contributed by atoms with E-state index >= 15 is 0 Å². The first kappa shape index (κ1) is 36.3. The fourth-order valence-electron chi connectivity index (χ4n) is 5.09. The molecule has 250 valence electrons. The fourth-order valence-corrected chi connectivity index (χ4v) is 6.78. The van der Waals surface area contributed by atoms with Crippen LogP contribution < -0.4 is 10.6 Å². The van der Waals surface area contributed by atoms with Crippen LogP contribution in [0.15, 0.2) is 53.4 Å². The number of carboxylic acid groups (broad SMARTS) is 2. The lowest BCUT2D eigenvalue weighted by Crippen LogP contribution is -2.65. The van der Waals surface area contributed by atoms with Crippen molar-refractivity contribution >= 4 is 50.1 Å². The summed E-state index contributed by atoms with van der Waals surface area (Å²) < 4.78 is 23.8. The normalized spacial score (nSPS) is 12.1. The number of thiazole rings is 1. The average Bonchev–Trinajstić information content (AvgIpc) is 3.30. The van der Waals surface area contributed by atoms with E-state index in [-0.39, 0.29) is 17.3 Å². The molecule has 0 radical (unpaired) electrons. The van der Waals surface area contributed by atoms with Crippen molar-refractivity contribution in [2.24, 2.45) is 0 Å². The fraction of sp³-hybridized carbons (Fsp3) is 0.438. The molecule has 0 aliphatic heterocycles. The lowest BCUT2D eigenvalue weighted by molar-refractivity contribution is -0.114. The molecule has 3 amide bonds. The quantitative estimate of drug-likeness (QED) is 0.172. The number of benzene rings is 2. The Hall–Kier alpha value is -4.17. The third-order valence-corrected chi connectivity index (χ3v) is 9.26. The summed E-state index contributed by atoms with van der Waals surface area (Å²) in [6, 6.07) is 14.1. The van der Waals surface area contributed by atoms with Crippen LogP contribution in [0, 0.1) is 0 Å². The molecule has 0 saturated heterocycles. The Morgan fingerprint density at radius 1 is 0.870 bits per heavy atom. The first-order valence-corrected chi connectivity index (χ1v) is 17.3. The van der Waals surface area contributed by atoms with Crippen molar-refractivity contribution < 1.29 is 33.0 Å². The van der Waals surface area contributed by atoms with Crippen LogP contribution >= 0.6 is 11.3 Å². The zero-order valence-corrected chi connectivity index (χ0v) is 29.0. The molecule has 0 aliphatic rings. The topological polar surface area (TPSA) is 169 Å². The summed E-state index contributed by atoms with van der Waals surface area (Å²) in [5, 5.41) is 26.6. The molecule has 0 unspecified atom stereocenters. The minimum absolute atomic E-state index is 0.0265. The van der Waals surface area contributed by atoms with Gasteiger partial charge in [-0.25, -0.2) is 23.0 Å². The maximum absolute atomic E-state index is 12.3. The van der Waals surface area contributed by atoms with Crippen molar-refractivity contribution in [2.45, 2.75) is 83.4 Å². The molecule has 46 heavy (non-hydrogen) atoms. The molecule has 1 aromatic heterocycles. The number of hydrogen-bond donors (Lipinski definition) is 4. The molecule has 1 heterocycles. The van der Waals surface area contributed by atoms with Crippen LogP contribution in [0.4, 0.5) is 20.4 Å². The molecular formula is C32H43N5O7S2. The molecule has 3 aromatic rings. The Balaban J connectivity index is 1.81. The molecule has 3 rings (SSSR count). The number of amides is 3. The van der Waals surface area contributed by atoms with Gasteiger partial charge in [-0.2, -0.15) is 0 Å². The van der Waals surface area contributed by atoms with Gasteiger partial charge in [-0.3, -0.25) is 14.6 Å². The molecule has 12 nitrogen and oxygen atoms in total. The third-order valence-electron chi connectivity index (χ3n) is 7.07. The van der Waals surface area contributed by atoms with Crippen molar-refractivity contribution in [1.82, 2.24) is 14.8 Å². The van der Waals surface area contributed by atoms with Crippen LogP contribution in [-0.4, -0.2) is 81.6 Å². The Labute approximate surface area is 274 Å². The Morgan fingerprint density at radius 3 is 1.83 bits per heavy atom. The molecular weight excluding hydrogens is 631 g/mol. The molecule has 0 atom stereocenters. The molecule has 0 bridgehead atoms. The number of anilines is 2. The minimum Gasteiger partial charge on any atom is -0.465 e. The Morgan fingerprint density at radius 2 is 1.39 bits per heavy atom. The van der Waals surface area contributed by atoms with E-state index in [1.165, 1.54) is 18.3 Å². The van der Waals surface area contributed by atoms with E-state index in [9.17, 15) is 33.0 Å². The smallest absolute Gasteiger partial charge is 0.409 e. The van der Waals surface area contributed by atoms with Crippen molar-refractivity contribution in [3.8, 4) is 10.4 Å². The van der Waals surface area contributed by atoms with E-state index in [0.717, 1.165) is 37.8 Å². The average molecular weight is 674 g/mol. The summed E-state index contributed by atoms with van der Waals surface area (Å²) in [7, 11) is -3.34. The second-order valence-electron chi connectivity index (χ2n) is 13.0. The summed E-state index contributed by atoms with van der Waals surface area (Å²) >= 11 is 1.32. The van der Waals surface area contributed by atoms with E-state index < -0.39 is 39.3 Å². The van der Waals surface area contributed by atoms with Gasteiger partial charge in [-0.05, 0) is 89.8 Å². The molecule has 4 N–H and O–H groups in total. The molecule has 0 aliphatic carbocycles. The maximum Gasteiger partial charge on any atom is 0.409 e. The summed E-state index contributed by atoms with van der Waals surface area (Å²) in [5.74, 6) is -0.243. The van der Waals surface area contributed by atoms with Gasteiger partial charge in [0.2, 0.25) is 5.91 Å². The maximum atomic E-state index is 12.3. The zero-order chi connectivity index (χ0) is 34.6. The van der Waals surface area contributed by atoms with Crippen LogP contribution in [0.5, 0.6) is 0 Å². The first-order chi connectivity index (χ1) is 21.2. The van der Waals surface area contributed by atoms with Crippen LogP contribution in [0.2, 0.25) is 0 Å². The SMILES string of the molecule is CC(=O)Nc1nc(CCc2ccc(NCC(N(C(=O)O)C(C)(C)C)N(C(=O)O)C(C)(C)C)cc2)c(-c2ccc(S(C)(=O)=O)cc2)s1. The van der Waals surface area contributed by atoms with Crippen molar-refractivity contribution in [3.05, 3.63) is 59.8 Å². The van der Waals surface area contributed by atoms with Crippen molar-refractivity contribution in [2.75, 3.05) is 23.4 Å². The summed E-state index contributed by atoms with van der Waals surface area (Å²) in [6.07, 6.45) is -1.14. The minimum atomic E-state index is -3.34. The lowest BCUT2D eigenvalue weighted by atomic mass is 10.0. The van der Waals surface area contributed by atoms with E-state index in [0.29, 0.717) is 23.7 Å².